The SMILES string of the molecule is O=C(COc1ccc(F)cc1)NCC1(N2CCSCC2)CCOCC1. The second kappa shape index (κ2) is 8.87. The molecule has 2 aliphatic rings. The molecule has 3 rings (SSSR count). The lowest BCUT2D eigenvalue weighted by Crippen LogP contribution is -2.60. The predicted molar refractivity (Wildman–Crippen MR) is 96.6 cm³/mol. The number of amides is 1. The number of benzene rings is 1. The number of rotatable bonds is 6. The Hall–Kier alpha value is -1.31. The molecule has 0 radical (unpaired) electrons. The molecule has 0 aromatic heterocycles. The quantitative estimate of drug-likeness (QED) is 0.831. The van der Waals surface area contributed by atoms with Gasteiger partial charge in [-0.1, -0.05) is 0 Å². The minimum atomic E-state index is -0.321. The van der Waals surface area contributed by atoms with Gasteiger partial charge in [-0.25, -0.2) is 4.39 Å². The van der Waals surface area contributed by atoms with Gasteiger partial charge in [0.25, 0.3) is 5.91 Å². The van der Waals surface area contributed by atoms with Gasteiger partial charge in [0.2, 0.25) is 0 Å². The molecule has 138 valence electrons. The Kier molecular flexibility index (Phi) is 6.56. The Bertz CT molecular complexity index is 558. The highest BCUT2D eigenvalue weighted by Gasteiger charge is 2.39. The summed E-state index contributed by atoms with van der Waals surface area (Å²) in [5.41, 5.74) is -0.00916. The molecule has 1 aromatic rings. The molecule has 0 bridgehead atoms. The van der Waals surface area contributed by atoms with Gasteiger partial charge >= 0.3 is 0 Å². The third kappa shape index (κ3) is 5.09. The van der Waals surface area contributed by atoms with Crippen LogP contribution in [0.3, 0.4) is 0 Å². The average Bonchev–Trinajstić information content (AvgIpc) is 2.67. The maximum absolute atomic E-state index is 12.9. The number of carbonyl (C=O) groups is 1. The minimum Gasteiger partial charge on any atom is -0.484 e. The van der Waals surface area contributed by atoms with E-state index in [1.807, 2.05) is 11.8 Å². The number of ether oxygens (including phenoxy) is 2. The van der Waals surface area contributed by atoms with E-state index in [1.54, 1.807) is 0 Å². The van der Waals surface area contributed by atoms with Crippen molar-refractivity contribution >= 4 is 17.7 Å². The van der Waals surface area contributed by atoms with E-state index in [0.717, 1.165) is 50.7 Å². The van der Waals surface area contributed by atoms with Crippen LogP contribution in [0.2, 0.25) is 0 Å². The van der Waals surface area contributed by atoms with Gasteiger partial charge in [-0.3, -0.25) is 9.69 Å². The van der Waals surface area contributed by atoms with Crippen molar-refractivity contribution < 1.29 is 18.7 Å². The van der Waals surface area contributed by atoms with Gasteiger partial charge in [0.1, 0.15) is 11.6 Å². The number of hydrogen-bond acceptors (Lipinski definition) is 5. The molecule has 0 unspecified atom stereocenters. The number of hydrogen-bond donors (Lipinski definition) is 1. The van der Waals surface area contributed by atoms with Crippen LogP contribution in [0.15, 0.2) is 24.3 Å². The molecule has 1 N–H and O–H groups in total. The van der Waals surface area contributed by atoms with Gasteiger partial charge in [-0.2, -0.15) is 11.8 Å². The summed E-state index contributed by atoms with van der Waals surface area (Å²) in [7, 11) is 0. The zero-order valence-electron chi connectivity index (χ0n) is 14.3. The normalized spacial score (nSPS) is 20.8. The van der Waals surface area contributed by atoms with Crippen molar-refractivity contribution in [3.63, 3.8) is 0 Å². The molecule has 7 heteroatoms. The van der Waals surface area contributed by atoms with E-state index in [1.165, 1.54) is 24.3 Å². The van der Waals surface area contributed by atoms with Crippen molar-refractivity contribution in [3.8, 4) is 5.75 Å². The summed E-state index contributed by atoms with van der Waals surface area (Å²) in [4.78, 5) is 14.7. The Morgan fingerprint density at radius 3 is 2.60 bits per heavy atom. The molecular formula is C18H25FN2O3S. The first-order valence-corrected chi connectivity index (χ1v) is 9.89. The van der Waals surface area contributed by atoms with Crippen LogP contribution in [0.4, 0.5) is 4.39 Å². The summed E-state index contributed by atoms with van der Waals surface area (Å²) in [6.45, 7) is 4.16. The zero-order valence-corrected chi connectivity index (χ0v) is 15.2. The number of carbonyl (C=O) groups excluding carboxylic acids is 1. The molecule has 0 saturated carbocycles. The van der Waals surface area contributed by atoms with E-state index < -0.39 is 0 Å². The van der Waals surface area contributed by atoms with Gasteiger partial charge in [0.05, 0.1) is 0 Å². The first-order valence-electron chi connectivity index (χ1n) is 8.74. The fraction of sp³-hybridized carbons (Fsp3) is 0.611. The van der Waals surface area contributed by atoms with Gasteiger partial charge in [0, 0.05) is 49.9 Å². The summed E-state index contributed by atoms with van der Waals surface area (Å²) in [6.07, 6.45) is 1.88. The third-order valence-electron chi connectivity index (χ3n) is 4.90. The maximum Gasteiger partial charge on any atom is 0.258 e. The molecule has 0 spiro atoms. The van der Waals surface area contributed by atoms with Crippen LogP contribution in [-0.2, 0) is 9.53 Å². The first kappa shape index (κ1) is 18.5. The minimum absolute atomic E-state index is 0.00916. The van der Waals surface area contributed by atoms with Crippen molar-refractivity contribution in [1.29, 1.82) is 0 Å². The smallest absolute Gasteiger partial charge is 0.258 e. The van der Waals surface area contributed by atoms with E-state index in [0.29, 0.717) is 12.3 Å². The van der Waals surface area contributed by atoms with E-state index in [4.69, 9.17) is 9.47 Å². The molecule has 2 fully saturated rings. The standard InChI is InChI=1S/C18H25FN2O3S/c19-15-1-3-16(4-2-15)24-13-17(22)20-14-18(5-9-23-10-6-18)21-7-11-25-12-8-21/h1-4H,5-14H2,(H,20,22). The highest BCUT2D eigenvalue weighted by molar-refractivity contribution is 7.99. The molecule has 0 aliphatic carbocycles. The lowest BCUT2D eigenvalue weighted by atomic mass is 9.87. The zero-order chi connectivity index (χ0) is 17.5. The largest absolute Gasteiger partial charge is 0.484 e. The average molecular weight is 368 g/mol. The number of thioether (sulfide) groups is 1. The molecule has 2 aliphatic heterocycles. The summed E-state index contributed by atoms with van der Waals surface area (Å²) in [5.74, 6) is 2.30. The fourth-order valence-electron chi connectivity index (χ4n) is 3.39. The van der Waals surface area contributed by atoms with Gasteiger partial charge < -0.3 is 14.8 Å². The van der Waals surface area contributed by atoms with Crippen LogP contribution in [0.1, 0.15) is 12.8 Å². The molecule has 25 heavy (non-hydrogen) atoms. The molecule has 0 atom stereocenters. The predicted octanol–water partition coefficient (Wildman–Crippen LogP) is 1.92. The third-order valence-corrected chi connectivity index (χ3v) is 5.85. The summed E-state index contributed by atoms with van der Waals surface area (Å²) in [5, 5.41) is 3.03. The first-order chi connectivity index (χ1) is 12.2. The second-order valence-electron chi connectivity index (χ2n) is 6.46. The Morgan fingerprint density at radius 2 is 1.92 bits per heavy atom. The number of nitrogens with one attached hydrogen (secondary N) is 1. The molecule has 5 nitrogen and oxygen atoms in total. The number of nitrogens with zero attached hydrogens (tertiary/aromatic N) is 1. The number of halogens is 1. The van der Waals surface area contributed by atoms with Gasteiger partial charge in [-0.15, -0.1) is 0 Å². The monoisotopic (exact) mass is 368 g/mol. The highest BCUT2D eigenvalue weighted by Crippen LogP contribution is 2.29. The van der Waals surface area contributed by atoms with Crippen LogP contribution < -0.4 is 10.1 Å². The Morgan fingerprint density at radius 1 is 1.24 bits per heavy atom. The summed E-state index contributed by atoms with van der Waals surface area (Å²) >= 11 is 1.99. The van der Waals surface area contributed by atoms with Crippen LogP contribution in [0, 0.1) is 5.82 Å². The summed E-state index contributed by atoms with van der Waals surface area (Å²) in [6, 6.07) is 5.68. The van der Waals surface area contributed by atoms with Gasteiger partial charge in [0.15, 0.2) is 6.61 Å². The highest BCUT2D eigenvalue weighted by atomic mass is 32.2. The fourth-order valence-corrected chi connectivity index (χ4v) is 4.29. The van der Waals surface area contributed by atoms with Crippen LogP contribution >= 0.6 is 11.8 Å². The molecular weight excluding hydrogens is 343 g/mol. The lowest BCUT2D eigenvalue weighted by Gasteiger charge is -2.48. The van der Waals surface area contributed by atoms with E-state index in [9.17, 15) is 9.18 Å². The van der Waals surface area contributed by atoms with Crippen LogP contribution in [-0.4, -0.2) is 67.3 Å². The van der Waals surface area contributed by atoms with Crippen molar-refractivity contribution in [1.82, 2.24) is 10.2 Å². The van der Waals surface area contributed by atoms with E-state index in [2.05, 4.69) is 10.2 Å². The van der Waals surface area contributed by atoms with Crippen LogP contribution in [0.25, 0.3) is 0 Å². The van der Waals surface area contributed by atoms with Crippen molar-refractivity contribution in [2.75, 3.05) is 51.0 Å². The maximum atomic E-state index is 12.9. The van der Waals surface area contributed by atoms with Crippen molar-refractivity contribution in [3.05, 3.63) is 30.1 Å². The van der Waals surface area contributed by atoms with Crippen molar-refractivity contribution in [2.24, 2.45) is 0 Å². The molecule has 1 amide bonds. The van der Waals surface area contributed by atoms with Crippen molar-refractivity contribution in [2.45, 2.75) is 18.4 Å². The molecule has 1 aromatic carbocycles. The van der Waals surface area contributed by atoms with Crippen LogP contribution in [0.5, 0.6) is 5.75 Å². The second-order valence-corrected chi connectivity index (χ2v) is 7.68. The molecule has 2 saturated heterocycles. The summed E-state index contributed by atoms with van der Waals surface area (Å²) < 4.78 is 23.8. The Balaban J connectivity index is 1.51. The van der Waals surface area contributed by atoms with Gasteiger partial charge in [-0.05, 0) is 37.1 Å². The van der Waals surface area contributed by atoms with E-state index >= 15 is 0 Å². The lowest BCUT2D eigenvalue weighted by molar-refractivity contribution is -0.124. The van der Waals surface area contributed by atoms with E-state index in [-0.39, 0.29) is 23.9 Å². The topological polar surface area (TPSA) is 50.8 Å². The molecule has 2 heterocycles. The Labute approximate surface area is 152 Å².